The first-order valence-corrected chi connectivity index (χ1v) is 6.60. The van der Waals surface area contributed by atoms with E-state index in [1.54, 1.807) is 12.1 Å². The van der Waals surface area contributed by atoms with Crippen LogP contribution in [0, 0.1) is 11.2 Å². The Bertz CT molecular complexity index is 471. The molecule has 0 aliphatic heterocycles. The molecule has 0 saturated heterocycles. The van der Waals surface area contributed by atoms with Gasteiger partial charge in [0.25, 0.3) is 0 Å². The molecule has 19 heavy (non-hydrogen) atoms. The van der Waals surface area contributed by atoms with Crippen LogP contribution >= 0.6 is 0 Å². The average Bonchev–Trinajstić information content (AvgIpc) is 3.07. The molecule has 1 N–H and O–H groups in total. The van der Waals surface area contributed by atoms with Gasteiger partial charge >= 0.3 is 5.97 Å². The SMILES string of the molecule is CC(c1ccccc1F)N(C)CC1(CC(=O)O)CC1. The number of aliphatic carboxylic acids is 1. The minimum absolute atomic E-state index is 0.0486. The topological polar surface area (TPSA) is 40.5 Å². The van der Waals surface area contributed by atoms with Crippen molar-refractivity contribution in [1.82, 2.24) is 4.90 Å². The molecule has 0 radical (unpaired) electrons. The predicted octanol–water partition coefficient (Wildman–Crippen LogP) is 3.07. The molecule has 4 heteroatoms. The maximum Gasteiger partial charge on any atom is 0.303 e. The summed E-state index contributed by atoms with van der Waals surface area (Å²) < 4.78 is 13.7. The Morgan fingerprint density at radius 3 is 2.63 bits per heavy atom. The van der Waals surface area contributed by atoms with Gasteiger partial charge in [-0.15, -0.1) is 0 Å². The Kier molecular flexibility index (Phi) is 3.90. The average molecular weight is 265 g/mol. The number of rotatable bonds is 6. The molecule has 1 aliphatic carbocycles. The summed E-state index contributed by atoms with van der Waals surface area (Å²) in [7, 11) is 1.93. The number of halogens is 1. The van der Waals surface area contributed by atoms with Gasteiger partial charge in [0.2, 0.25) is 0 Å². The van der Waals surface area contributed by atoms with E-state index in [1.807, 2.05) is 24.9 Å². The largest absolute Gasteiger partial charge is 0.481 e. The lowest BCUT2D eigenvalue weighted by Gasteiger charge is -2.29. The zero-order valence-electron chi connectivity index (χ0n) is 11.4. The van der Waals surface area contributed by atoms with Gasteiger partial charge in [0.1, 0.15) is 5.82 Å². The normalized spacial score (nSPS) is 18.3. The van der Waals surface area contributed by atoms with E-state index >= 15 is 0 Å². The highest BCUT2D eigenvalue weighted by Crippen LogP contribution is 2.50. The third kappa shape index (κ3) is 3.32. The monoisotopic (exact) mass is 265 g/mol. The smallest absolute Gasteiger partial charge is 0.303 e. The van der Waals surface area contributed by atoms with Gasteiger partial charge in [0.05, 0.1) is 6.42 Å². The van der Waals surface area contributed by atoms with Crippen LogP contribution in [-0.2, 0) is 4.79 Å². The molecule has 1 aliphatic rings. The molecule has 1 atom stereocenters. The van der Waals surface area contributed by atoms with Gasteiger partial charge in [-0.25, -0.2) is 4.39 Å². The Hall–Kier alpha value is -1.42. The van der Waals surface area contributed by atoms with Crippen molar-refractivity contribution < 1.29 is 14.3 Å². The third-order valence-corrected chi connectivity index (χ3v) is 4.08. The Morgan fingerprint density at radius 1 is 1.47 bits per heavy atom. The molecule has 0 heterocycles. The van der Waals surface area contributed by atoms with Crippen molar-refractivity contribution in [3.05, 3.63) is 35.6 Å². The minimum Gasteiger partial charge on any atom is -0.481 e. The van der Waals surface area contributed by atoms with Crippen molar-refractivity contribution >= 4 is 5.97 Å². The zero-order valence-corrected chi connectivity index (χ0v) is 11.4. The van der Waals surface area contributed by atoms with Crippen LogP contribution in [0.15, 0.2) is 24.3 Å². The van der Waals surface area contributed by atoms with Crippen molar-refractivity contribution in [1.29, 1.82) is 0 Å². The second-order valence-electron chi connectivity index (χ2n) is 5.68. The van der Waals surface area contributed by atoms with Gasteiger partial charge in [0.15, 0.2) is 0 Å². The lowest BCUT2D eigenvalue weighted by molar-refractivity contribution is -0.138. The van der Waals surface area contributed by atoms with E-state index in [2.05, 4.69) is 0 Å². The van der Waals surface area contributed by atoms with Crippen molar-refractivity contribution in [2.24, 2.45) is 5.41 Å². The van der Waals surface area contributed by atoms with E-state index in [0.29, 0.717) is 12.1 Å². The Morgan fingerprint density at radius 2 is 2.11 bits per heavy atom. The van der Waals surface area contributed by atoms with Crippen LogP contribution in [-0.4, -0.2) is 29.6 Å². The fraction of sp³-hybridized carbons (Fsp3) is 0.533. The van der Waals surface area contributed by atoms with E-state index in [-0.39, 0.29) is 23.7 Å². The van der Waals surface area contributed by atoms with Crippen LogP contribution in [0.5, 0.6) is 0 Å². The standard InChI is InChI=1S/C15H20FNO2/c1-11(12-5-3-4-6-13(12)16)17(2)10-15(7-8-15)9-14(18)19/h3-6,11H,7-10H2,1-2H3,(H,18,19). The molecule has 1 aromatic carbocycles. The number of carboxylic acids is 1. The molecule has 1 unspecified atom stereocenters. The molecule has 1 saturated carbocycles. The number of hydrogen-bond acceptors (Lipinski definition) is 2. The zero-order chi connectivity index (χ0) is 14.0. The third-order valence-electron chi connectivity index (χ3n) is 4.08. The van der Waals surface area contributed by atoms with Crippen LogP contribution in [0.1, 0.15) is 37.8 Å². The van der Waals surface area contributed by atoms with Crippen LogP contribution in [0.25, 0.3) is 0 Å². The van der Waals surface area contributed by atoms with E-state index in [1.165, 1.54) is 6.07 Å². The molecule has 2 rings (SSSR count). The summed E-state index contributed by atoms with van der Waals surface area (Å²) in [5.41, 5.74) is 0.566. The fourth-order valence-corrected chi connectivity index (χ4v) is 2.61. The number of hydrogen-bond donors (Lipinski definition) is 1. The van der Waals surface area contributed by atoms with Crippen molar-refractivity contribution in [3.8, 4) is 0 Å². The summed E-state index contributed by atoms with van der Waals surface area (Å²) in [6.07, 6.45) is 2.11. The quantitative estimate of drug-likeness (QED) is 0.859. The van der Waals surface area contributed by atoms with Crippen molar-refractivity contribution in [2.75, 3.05) is 13.6 Å². The van der Waals surface area contributed by atoms with E-state index < -0.39 is 5.97 Å². The van der Waals surface area contributed by atoms with Gasteiger partial charge < -0.3 is 5.11 Å². The number of carboxylic acid groups (broad SMARTS) is 1. The summed E-state index contributed by atoms with van der Waals surface area (Å²) in [5.74, 6) is -0.950. The molecule has 0 bridgehead atoms. The highest BCUT2D eigenvalue weighted by molar-refractivity contribution is 5.68. The molecule has 1 aromatic rings. The summed E-state index contributed by atoms with van der Waals surface area (Å²) in [5, 5.41) is 8.92. The van der Waals surface area contributed by atoms with Crippen molar-refractivity contribution in [2.45, 2.75) is 32.2 Å². The van der Waals surface area contributed by atoms with E-state index in [4.69, 9.17) is 5.11 Å². The summed E-state index contributed by atoms with van der Waals surface area (Å²) in [6, 6.07) is 6.70. The molecule has 104 valence electrons. The number of nitrogens with zero attached hydrogens (tertiary/aromatic N) is 1. The molecule has 0 spiro atoms. The maximum absolute atomic E-state index is 13.7. The Balaban J connectivity index is 2.02. The van der Waals surface area contributed by atoms with Crippen LogP contribution in [0.2, 0.25) is 0 Å². The molecule has 0 amide bonds. The first-order chi connectivity index (χ1) is 8.93. The second-order valence-corrected chi connectivity index (χ2v) is 5.68. The van der Waals surface area contributed by atoms with Gasteiger partial charge in [-0.3, -0.25) is 9.69 Å². The Labute approximate surface area is 113 Å². The van der Waals surface area contributed by atoms with Gasteiger partial charge in [-0.05, 0) is 38.3 Å². The van der Waals surface area contributed by atoms with Crippen LogP contribution < -0.4 is 0 Å². The lowest BCUT2D eigenvalue weighted by atomic mass is 9.99. The predicted molar refractivity (Wildman–Crippen MR) is 71.4 cm³/mol. The van der Waals surface area contributed by atoms with E-state index in [9.17, 15) is 9.18 Å². The van der Waals surface area contributed by atoms with Crippen LogP contribution in [0.3, 0.4) is 0 Å². The minimum atomic E-state index is -0.746. The highest BCUT2D eigenvalue weighted by Gasteiger charge is 2.45. The van der Waals surface area contributed by atoms with Gasteiger partial charge in [-0.2, -0.15) is 0 Å². The summed E-state index contributed by atoms with van der Waals surface area (Å²) >= 11 is 0. The van der Waals surface area contributed by atoms with E-state index in [0.717, 1.165) is 12.8 Å². The highest BCUT2D eigenvalue weighted by atomic mass is 19.1. The molecule has 3 nitrogen and oxygen atoms in total. The molecular weight excluding hydrogens is 245 g/mol. The van der Waals surface area contributed by atoms with Gasteiger partial charge in [0, 0.05) is 18.2 Å². The van der Waals surface area contributed by atoms with Crippen LogP contribution in [0.4, 0.5) is 4.39 Å². The number of benzene rings is 1. The molecular formula is C15H20FNO2. The second kappa shape index (κ2) is 5.29. The first-order valence-electron chi connectivity index (χ1n) is 6.60. The first kappa shape index (κ1) is 14.0. The van der Waals surface area contributed by atoms with Gasteiger partial charge in [-0.1, -0.05) is 18.2 Å². The van der Waals surface area contributed by atoms with Crippen molar-refractivity contribution in [3.63, 3.8) is 0 Å². The molecule has 0 aromatic heterocycles. The summed E-state index contributed by atoms with van der Waals surface area (Å²) in [6.45, 7) is 2.66. The fourth-order valence-electron chi connectivity index (χ4n) is 2.61. The lowest BCUT2D eigenvalue weighted by Crippen LogP contribution is -2.31. The maximum atomic E-state index is 13.7. The molecule has 1 fully saturated rings. The summed E-state index contributed by atoms with van der Waals surface area (Å²) in [4.78, 5) is 12.9. The number of carbonyl (C=O) groups is 1.